The van der Waals surface area contributed by atoms with Gasteiger partial charge in [-0.1, -0.05) is 57.2 Å². The lowest BCUT2D eigenvalue weighted by Crippen LogP contribution is -2.50. The first-order chi connectivity index (χ1) is 12.7. The zero-order chi connectivity index (χ0) is 19.6. The first-order valence-electron chi connectivity index (χ1n) is 9.24. The lowest BCUT2D eigenvalue weighted by Gasteiger charge is -2.34. The number of fused-ring (bicyclic) bond motifs is 1. The highest BCUT2D eigenvalue weighted by Gasteiger charge is 2.31. The molecule has 0 radical (unpaired) electrons. The molecule has 5 heteroatoms. The Morgan fingerprint density at radius 3 is 2.30 bits per heavy atom. The number of carbonyl (C=O) groups excluding carboxylic acids is 2. The summed E-state index contributed by atoms with van der Waals surface area (Å²) in [6.45, 7) is 7.12. The zero-order valence-electron chi connectivity index (χ0n) is 16.2. The fraction of sp³-hybridized carbons (Fsp3) is 0.364. The average molecular weight is 365 g/mol. The van der Waals surface area contributed by atoms with Gasteiger partial charge in [-0.3, -0.25) is 14.5 Å². The van der Waals surface area contributed by atoms with Crippen LogP contribution in [0.4, 0.5) is 5.69 Å². The summed E-state index contributed by atoms with van der Waals surface area (Å²) in [6.07, 6.45) is 0.541. The summed E-state index contributed by atoms with van der Waals surface area (Å²) < 4.78 is 0. The van der Waals surface area contributed by atoms with Gasteiger partial charge in [0.2, 0.25) is 11.8 Å². The number of amides is 2. The highest BCUT2D eigenvalue weighted by molar-refractivity contribution is 5.93. The first kappa shape index (κ1) is 19.1. The first-order valence-corrected chi connectivity index (χ1v) is 9.24. The molecule has 2 amide bonds. The molecule has 0 fully saturated rings. The molecule has 0 bridgehead atoms. The lowest BCUT2D eigenvalue weighted by atomic mass is 9.87. The monoisotopic (exact) mass is 365 g/mol. The van der Waals surface area contributed by atoms with Crippen LogP contribution in [0.3, 0.4) is 0 Å². The topological polar surface area (TPSA) is 75.4 Å². The Balaban J connectivity index is 1.68. The molecule has 0 saturated heterocycles. The molecule has 2 aromatic rings. The molecule has 27 heavy (non-hydrogen) atoms. The van der Waals surface area contributed by atoms with Crippen molar-refractivity contribution in [3.63, 3.8) is 0 Å². The van der Waals surface area contributed by atoms with Crippen molar-refractivity contribution in [3.05, 3.63) is 65.2 Å². The lowest BCUT2D eigenvalue weighted by molar-refractivity contribution is -0.125. The van der Waals surface area contributed by atoms with Crippen LogP contribution in [0.2, 0.25) is 0 Å². The quantitative estimate of drug-likeness (QED) is 0.875. The van der Waals surface area contributed by atoms with Gasteiger partial charge in [-0.05, 0) is 40.7 Å². The maximum absolute atomic E-state index is 12.5. The Hall–Kier alpha value is -2.66. The fourth-order valence-corrected chi connectivity index (χ4v) is 3.46. The Morgan fingerprint density at radius 1 is 1.07 bits per heavy atom. The van der Waals surface area contributed by atoms with Gasteiger partial charge in [-0.2, -0.15) is 0 Å². The number of anilines is 1. The number of benzene rings is 2. The van der Waals surface area contributed by atoms with Gasteiger partial charge in [-0.25, -0.2) is 0 Å². The Bertz CT molecular complexity index is 837. The molecular formula is C22H27N3O2. The maximum atomic E-state index is 12.5. The minimum absolute atomic E-state index is 0.0679. The molecule has 0 aromatic heterocycles. The second-order valence-corrected chi connectivity index (χ2v) is 8.17. The van der Waals surface area contributed by atoms with E-state index in [1.54, 1.807) is 0 Å². The summed E-state index contributed by atoms with van der Waals surface area (Å²) in [5.74, 6) is -0.545. The van der Waals surface area contributed by atoms with Crippen LogP contribution < -0.4 is 11.1 Å². The van der Waals surface area contributed by atoms with Crippen LogP contribution in [0.1, 0.15) is 37.5 Å². The molecule has 142 valence electrons. The molecule has 0 aliphatic carbocycles. The summed E-state index contributed by atoms with van der Waals surface area (Å²) >= 11 is 0. The van der Waals surface area contributed by atoms with E-state index in [1.807, 2.05) is 53.4 Å². The predicted molar refractivity (Wildman–Crippen MR) is 107 cm³/mol. The Kier molecular flexibility index (Phi) is 5.33. The van der Waals surface area contributed by atoms with Crippen LogP contribution in [0, 0.1) is 0 Å². The van der Waals surface area contributed by atoms with Gasteiger partial charge in [0.1, 0.15) is 0 Å². The third-order valence-corrected chi connectivity index (χ3v) is 5.06. The molecule has 2 aromatic carbocycles. The fourth-order valence-electron chi connectivity index (χ4n) is 3.46. The van der Waals surface area contributed by atoms with E-state index in [2.05, 4.69) is 26.1 Å². The predicted octanol–water partition coefficient (Wildman–Crippen LogP) is 2.83. The summed E-state index contributed by atoms with van der Waals surface area (Å²) in [5.41, 5.74) is 9.87. The standard InChI is InChI=1S/C22H27N3O2/c1-22(2,3)17-8-10-18(11-9-17)24-20(26)14-25-13-16-7-5-4-6-15(16)12-19(25)21(23)27/h4-11,19H,12-14H2,1-3H3,(H2,23,27)(H,24,26)/t19-/m0/s1. The van der Waals surface area contributed by atoms with E-state index in [0.717, 1.165) is 16.8 Å². The minimum atomic E-state index is -0.464. The number of nitrogens with zero attached hydrogens (tertiary/aromatic N) is 1. The van der Waals surface area contributed by atoms with Crippen molar-refractivity contribution in [2.24, 2.45) is 5.73 Å². The van der Waals surface area contributed by atoms with E-state index in [9.17, 15) is 9.59 Å². The van der Waals surface area contributed by atoms with E-state index in [-0.39, 0.29) is 17.9 Å². The van der Waals surface area contributed by atoms with Crippen LogP contribution in [0.15, 0.2) is 48.5 Å². The van der Waals surface area contributed by atoms with Gasteiger partial charge >= 0.3 is 0 Å². The van der Waals surface area contributed by atoms with Gasteiger partial charge in [0.05, 0.1) is 12.6 Å². The highest BCUT2D eigenvalue weighted by Crippen LogP contribution is 2.25. The van der Waals surface area contributed by atoms with Crippen molar-refractivity contribution in [1.29, 1.82) is 0 Å². The molecule has 5 nitrogen and oxygen atoms in total. The van der Waals surface area contributed by atoms with Crippen molar-refractivity contribution in [2.45, 2.75) is 45.2 Å². The van der Waals surface area contributed by atoms with E-state index in [1.165, 1.54) is 5.56 Å². The number of rotatable bonds is 4. The molecule has 0 saturated carbocycles. The molecule has 0 unspecified atom stereocenters. The SMILES string of the molecule is CC(C)(C)c1ccc(NC(=O)CN2Cc3ccccc3C[C@H]2C(N)=O)cc1. The molecule has 3 rings (SSSR count). The normalized spacial score (nSPS) is 17.2. The third kappa shape index (κ3) is 4.55. The zero-order valence-corrected chi connectivity index (χ0v) is 16.2. The number of hydrogen-bond acceptors (Lipinski definition) is 3. The third-order valence-electron chi connectivity index (χ3n) is 5.06. The van der Waals surface area contributed by atoms with Gasteiger partial charge in [0, 0.05) is 12.2 Å². The van der Waals surface area contributed by atoms with Crippen molar-refractivity contribution in [3.8, 4) is 0 Å². The van der Waals surface area contributed by atoms with Crippen LogP contribution in [-0.2, 0) is 28.0 Å². The molecular weight excluding hydrogens is 338 g/mol. The highest BCUT2D eigenvalue weighted by atomic mass is 16.2. The summed E-state index contributed by atoms with van der Waals surface area (Å²) in [5, 5.41) is 2.92. The van der Waals surface area contributed by atoms with Gasteiger partial charge in [0.15, 0.2) is 0 Å². The van der Waals surface area contributed by atoms with Crippen molar-refractivity contribution >= 4 is 17.5 Å². The smallest absolute Gasteiger partial charge is 0.238 e. The van der Waals surface area contributed by atoms with Crippen LogP contribution in [0.5, 0.6) is 0 Å². The van der Waals surface area contributed by atoms with Crippen molar-refractivity contribution < 1.29 is 9.59 Å². The minimum Gasteiger partial charge on any atom is -0.368 e. The number of nitrogens with one attached hydrogen (secondary N) is 1. The van der Waals surface area contributed by atoms with E-state index >= 15 is 0 Å². The molecule has 1 heterocycles. The van der Waals surface area contributed by atoms with Gasteiger partial charge < -0.3 is 11.1 Å². The molecule has 0 spiro atoms. The van der Waals surface area contributed by atoms with Crippen molar-refractivity contribution in [1.82, 2.24) is 4.90 Å². The van der Waals surface area contributed by atoms with Crippen molar-refractivity contribution in [2.75, 3.05) is 11.9 Å². The summed E-state index contributed by atoms with van der Waals surface area (Å²) in [4.78, 5) is 26.3. The van der Waals surface area contributed by atoms with Crippen LogP contribution >= 0.6 is 0 Å². The van der Waals surface area contributed by atoms with Gasteiger partial charge in [-0.15, -0.1) is 0 Å². The molecule has 3 N–H and O–H groups in total. The second-order valence-electron chi connectivity index (χ2n) is 8.17. The molecule has 1 aliphatic rings. The van der Waals surface area contributed by atoms with Crippen LogP contribution in [-0.4, -0.2) is 29.3 Å². The number of primary amides is 1. The number of carbonyl (C=O) groups is 2. The van der Waals surface area contributed by atoms with E-state index in [0.29, 0.717) is 13.0 Å². The number of hydrogen-bond donors (Lipinski definition) is 2. The van der Waals surface area contributed by atoms with Crippen LogP contribution in [0.25, 0.3) is 0 Å². The second kappa shape index (κ2) is 7.53. The Morgan fingerprint density at radius 2 is 1.70 bits per heavy atom. The van der Waals surface area contributed by atoms with E-state index in [4.69, 9.17) is 5.73 Å². The summed E-state index contributed by atoms with van der Waals surface area (Å²) in [6, 6.07) is 15.4. The average Bonchev–Trinajstić information content (AvgIpc) is 2.60. The Labute approximate surface area is 160 Å². The maximum Gasteiger partial charge on any atom is 0.238 e. The largest absolute Gasteiger partial charge is 0.368 e. The molecule has 1 aliphatic heterocycles. The van der Waals surface area contributed by atoms with Gasteiger partial charge in [0.25, 0.3) is 0 Å². The van der Waals surface area contributed by atoms with E-state index < -0.39 is 11.9 Å². The summed E-state index contributed by atoms with van der Waals surface area (Å²) in [7, 11) is 0. The molecule has 1 atom stereocenters. The number of nitrogens with two attached hydrogens (primary N) is 1.